The van der Waals surface area contributed by atoms with Crippen LogP contribution in [0.5, 0.6) is 0 Å². The molecular weight excluding hydrogens is 488 g/mol. The molecule has 2 saturated heterocycles. The number of carbonyl (C=O) groups is 5. The minimum atomic E-state index is -1.33. The van der Waals surface area contributed by atoms with Crippen LogP contribution >= 0.6 is 0 Å². The van der Waals surface area contributed by atoms with Gasteiger partial charge in [0.2, 0.25) is 23.6 Å². The van der Waals surface area contributed by atoms with Crippen LogP contribution in [0.3, 0.4) is 0 Å². The summed E-state index contributed by atoms with van der Waals surface area (Å²) in [5.41, 5.74) is -0.460. The van der Waals surface area contributed by atoms with Crippen LogP contribution in [0.1, 0.15) is 71.3 Å². The lowest BCUT2D eigenvalue weighted by atomic mass is 9.98. The average Bonchev–Trinajstić information content (AvgIpc) is 3.36. The quantitative estimate of drug-likeness (QED) is 0.352. The lowest BCUT2D eigenvalue weighted by Gasteiger charge is -2.34. The number of amides is 4. The zero-order valence-corrected chi connectivity index (χ0v) is 22.5. The summed E-state index contributed by atoms with van der Waals surface area (Å²) in [5.74, 6) is -1.90. The fourth-order valence-electron chi connectivity index (χ4n) is 4.91. The van der Waals surface area contributed by atoms with Gasteiger partial charge in [-0.25, -0.2) is 0 Å². The molecule has 10 nitrogen and oxygen atoms in total. The number of unbranched alkanes of at least 4 members (excludes halogenated alkanes) is 2. The number of hydrogen-bond acceptors (Lipinski definition) is 6. The molecule has 2 fully saturated rings. The Morgan fingerprint density at radius 3 is 2.42 bits per heavy atom. The van der Waals surface area contributed by atoms with E-state index in [1.54, 1.807) is 13.8 Å². The summed E-state index contributed by atoms with van der Waals surface area (Å²) in [5, 5.41) is 17.8. The summed E-state index contributed by atoms with van der Waals surface area (Å²) in [6.07, 6.45) is 2.72. The molecule has 2 heterocycles. The molecule has 4 N–H and O–H groups in total. The maximum atomic E-state index is 13.6. The summed E-state index contributed by atoms with van der Waals surface area (Å²) < 4.78 is 0. The summed E-state index contributed by atoms with van der Waals surface area (Å²) >= 11 is 0. The number of Topliss-reactive ketones (excluding diaryl/α,β-unsaturated/α-hetero) is 1. The number of fused-ring (bicyclic) bond motifs is 1. The number of aliphatic hydroxyl groups excluding tert-OH is 1. The largest absolute Gasteiger partial charge is 0.386 e. The first kappa shape index (κ1) is 29.3. The zero-order chi connectivity index (χ0) is 27.9. The van der Waals surface area contributed by atoms with Gasteiger partial charge >= 0.3 is 0 Å². The molecule has 0 bridgehead atoms. The van der Waals surface area contributed by atoms with Gasteiger partial charge in [-0.2, -0.15) is 0 Å². The molecule has 4 atom stereocenters. The first-order chi connectivity index (χ1) is 18.0. The summed E-state index contributed by atoms with van der Waals surface area (Å²) in [4.78, 5) is 66.7. The van der Waals surface area contributed by atoms with Crippen LogP contribution in [0.15, 0.2) is 30.3 Å². The molecule has 0 aromatic heterocycles. The number of hydrogen-bond donors (Lipinski definition) is 4. The molecule has 10 heteroatoms. The Morgan fingerprint density at radius 1 is 1.03 bits per heavy atom. The molecule has 1 aromatic carbocycles. The van der Waals surface area contributed by atoms with Crippen LogP contribution in [-0.2, 0) is 30.4 Å². The molecule has 2 aliphatic heterocycles. The predicted molar refractivity (Wildman–Crippen MR) is 141 cm³/mol. The van der Waals surface area contributed by atoms with Crippen molar-refractivity contribution in [1.82, 2.24) is 20.9 Å². The van der Waals surface area contributed by atoms with Gasteiger partial charge in [-0.3, -0.25) is 24.0 Å². The second-order valence-electron chi connectivity index (χ2n) is 10.8. The highest BCUT2D eigenvalue weighted by molar-refractivity contribution is 5.99. The van der Waals surface area contributed by atoms with E-state index in [4.69, 9.17) is 0 Å². The van der Waals surface area contributed by atoms with Crippen molar-refractivity contribution in [2.45, 2.75) is 102 Å². The third-order valence-corrected chi connectivity index (χ3v) is 7.24. The van der Waals surface area contributed by atoms with Gasteiger partial charge in [-0.1, -0.05) is 43.2 Å². The number of benzene rings is 1. The first-order valence-electron chi connectivity index (χ1n) is 13.5. The van der Waals surface area contributed by atoms with Gasteiger partial charge < -0.3 is 26.0 Å². The molecule has 0 aliphatic carbocycles. The molecule has 0 saturated carbocycles. The lowest BCUT2D eigenvalue weighted by molar-refractivity contribution is -0.144. The van der Waals surface area contributed by atoms with Crippen molar-refractivity contribution in [2.24, 2.45) is 0 Å². The zero-order valence-electron chi connectivity index (χ0n) is 22.5. The highest BCUT2D eigenvalue weighted by Gasteiger charge is 2.42. The van der Waals surface area contributed by atoms with Crippen molar-refractivity contribution in [3.8, 4) is 0 Å². The standard InChI is InChI=1S/C28H40N4O6/c1-18(33)23(34)15-9-5-8-13-20-24(35)31-28(2,3)27(38)30-21(17-19-11-6-4-7-12-19)26(37)32-16-10-14-22(32)25(36)29-20/h4,6-7,11-12,18,20-22,33H,5,8-10,13-17H2,1-3H3,(H,29,36)(H,30,38)(H,31,35)/t18-,20-,21-,22?/m0/s1. The number of aliphatic hydroxyl groups is 1. The Balaban J connectivity index is 1.78. The fraction of sp³-hybridized carbons (Fsp3) is 0.607. The number of nitrogens with one attached hydrogen (secondary N) is 3. The smallest absolute Gasteiger partial charge is 0.246 e. The second-order valence-corrected chi connectivity index (χ2v) is 10.8. The Kier molecular flexibility index (Phi) is 10.0. The normalized spacial score (nSPS) is 24.8. The number of ketones is 1. The third-order valence-electron chi connectivity index (χ3n) is 7.24. The van der Waals surface area contributed by atoms with Gasteiger partial charge in [-0.15, -0.1) is 0 Å². The fourth-order valence-corrected chi connectivity index (χ4v) is 4.91. The summed E-state index contributed by atoms with van der Waals surface area (Å²) in [6.45, 7) is 4.96. The molecule has 4 amide bonds. The van der Waals surface area contributed by atoms with Crippen molar-refractivity contribution in [1.29, 1.82) is 0 Å². The number of nitrogens with zero attached hydrogens (tertiary/aromatic N) is 1. The molecular formula is C28H40N4O6. The summed E-state index contributed by atoms with van der Waals surface area (Å²) in [6, 6.07) is 6.85. The van der Waals surface area contributed by atoms with Crippen LogP contribution in [0.25, 0.3) is 0 Å². The van der Waals surface area contributed by atoms with Crippen molar-refractivity contribution < 1.29 is 29.1 Å². The predicted octanol–water partition coefficient (Wildman–Crippen LogP) is 0.999. The molecule has 208 valence electrons. The van der Waals surface area contributed by atoms with Crippen molar-refractivity contribution in [3.05, 3.63) is 35.9 Å². The number of rotatable bonds is 9. The van der Waals surface area contributed by atoms with Crippen LogP contribution in [0.2, 0.25) is 0 Å². The SMILES string of the molecule is C[C@H](O)C(=O)CCCCC[C@@H]1NC(=O)C2CCCN2C(=O)[C@H](Cc2ccccc2)NC(=O)C(C)(C)NC1=O. The van der Waals surface area contributed by atoms with E-state index < -0.39 is 41.6 Å². The number of carbonyl (C=O) groups excluding carboxylic acids is 5. The Labute approximate surface area is 223 Å². The molecule has 0 spiro atoms. The maximum absolute atomic E-state index is 13.6. The minimum absolute atomic E-state index is 0.230. The molecule has 3 rings (SSSR count). The van der Waals surface area contributed by atoms with Gasteiger partial charge in [0.15, 0.2) is 5.78 Å². The highest BCUT2D eigenvalue weighted by Crippen LogP contribution is 2.21. The van der Waals surface area contributed by atoms with E-state index in [9.17, 15) is 29.1 Å². The lowest BCUT2D eigenvalue weighted by Crippen LogP contribution is -2.64. The molecule has 0 radical (unpaired) electrons. The van der Waals surface area contributed by atoms with Gasteiger partial charge in [0.05, 0.1) is 0 Å². The minimum Gasteiger partial charge on any atom is -0.386 e. The van der Waals surface area contributed by atoms with E-state index in [0.29, 0.717) is 45.1 Å². The van der Waals surface area contributed by atoms with E-state index in [-0.39, 0.29) is 30.4 Å². The molecule has 2 aliphatic rings. The maximum Gasteiger partial charge on any atom is 0.246 e. The average molecular weight is 529 g/mol. The van der Waals surface area contributed by atoms with Crippen molar-refractivity contribution in [2.75, 3.05) is 6.54 Å². The van der Waals surface area contributed by atoms with E-state index in [0.717, 1.165) is 5.56 Å². The molecule has 1 aromatic rings. The van der Waals surface area contributed by atoms with Gasteiger partial charge in [-0.05, 0) is 52.0 Å². The summed E-state index contributed by atoms with van der Waals surface area (Å²) in [7, 11) is 0. The molecule has 38 heavy (non-hydrogen) atoms. The van der Waals surface area contributed by atoms with Gasteiger partial charge in [0.1, 0.15) is 29.8 Å². The second kappa shape index (κ2) is 13.0. The van der Waals surface area contributed by atoms with E-state index in [1.807, 2.05) is 30.3 Å². The molecule has 1 unspecified atom stereocenters. The van der Waals surface area contributed by atoms with Crippen LogP contribution in [0.4, 0.5) is 0 Å². The van der Waals surface area contributed by atoms with Gasteiger partial charge in [0, 0.05) is 19.4 Å². The Morgan fingerprint density at radius 2 is 1.74 bits per heavy atom. The van der Waals surface area contributed by atoms with E-state index in [2.05, 4.69) is 16.0 Å². The third kappa shape index (κ3) is 7.63. The monoisotopic (exact) mass is 528 g/mol. The highest BCUT2D eigenvalue weighted by atomic mass is 16.3. The van der Waals surface area contributed by atoms with Gasteiger partial charge in [0.25, 0.3) is 0 Å². The topological polar surface area (TPSA) is 145 Å². The van der Waals surface area contributed by atoms with Crippen molar-refractivity contribution >= 4 is 29.4 Å². The van der Waals surface area contributed by atoms with Crippen molar-refractivity contribution in [3.63, 3.8) is 0 Å². The van der Waals surface area contributed by atoms with E-state index in [1.165, 1.54) is 11.8 Å². The Bertz CT molecular complexity index is 1030. The van der Waals surface area contributed by atoms with Crippen LogP contribution < -0.4 is 16.0 Å². The van der Waals surface area contributed by atoms with E-state index >= 15 is 0 Å². The first-order valence-corrected chi connectivity index (χ1v) is 13.5. The van der Waals surface area contributed by atoms with Crippen LogP contribution in [0, 0.1) is 0 Å². The Hall–Kier alpha value is -3.27. The van der Waals surface area contributed by atoms with Crippen LogP contribution in [-0.4, -0.2) is 75.7 Å².